The molecule has 0 aliphatic carbocycles. The summed E-state index contributed by atoms with van der Waals surface area (Å²) in [6.45, 7) is 0. The van der Waals surface area contributed by atoms with Crippen LogP contribution < -0.4 is 10.9 Å². The number of anilines is 1. The summed E-state index contributed by atoms with van der Waals surface area (Å²) in [7, 11) is 0. The standard InChI is InChI=1S/C21H16ClF2N5O2/c22-14-9-16(15(23)8-13(14)12-2-1-5-25-20(12)24)26-21(31)29-11-3-4-17(29)19-10(6-11)7-18(30)27-28-19/h1-2,5,7-9,11,17H,3-4,6H2,(H,26,31)(H,27,30). The molecule has 2 bridgehead atoms. The number of aromatic amines is 1. The van der Waals surface area contributed by atoms with Gasteiger partial charge in [-0.25, -0.2) is 19.3 Å². The molecule has 10 heteroatoms. The van der Waals surface area contributed by atoms with Crippen LogP contribution in [0, 0.1) is 11.8 Å². The van der Waals surface area contributed by atoms with E-state index in [1.165, 1.54) is 30.5 Å². The lowest BCUT2D eigenvalue weighted by molar-refractivity contribution is 0.177. The van der Waals surface area contributed by atoms with Crippen LogP contribution in [0.25, 0.3) is 11.1 Å². The van der Waals surface area contributed by atoms with Gasteiger partial charge in [0.2, 0.25) is 5.95 Å². The maximum atomic E-state index is 14.8. The fraction of sp³-hybridized carbons (Fsp3) is 0.238. The number of carbonyl (C=O) groups excluding carboxylic acids is 1. The van der Waals surface area contributed by atoms with Crippen molar-refractivity contribution in [2.45, 2.75) is 31.3 Å². The fourth-order valence-corrected chi connectivity index (χ4v) is 4.70. The second kappa shape index (κ2) is 7.42. The smallest absolute Gasteiger partial charge is 0.313 e. The summed E-state index contributed by atoms with van der Waals surface area (Å²) in [6.07, 6.45) is 3.25. The minimum absolute atomic E-state index is 0.0648. The summed E-state index contributed by atoms with van der Waals surface area (Å²) < 4.78 is 28.8. The summed E-state index contributed by atoms with van der Waals surface area (Å²) >= 11 is 6.26. The Balaban J connectivity index is 1.43. The van der Waals surface area contributed by atoms with E-state index in [4.69, 9.17) is 11.6 Å². The van der Waals surface area contributed by atoms with Gasteiger partial charge in [0.25, 0.3) is 5.56 Å². The van der Waals surface area contributed by atoms with E-state index in [0.29, 0.717) is 18.5 Å². The minimum atomic E-state index is -0.769. The molecule has 1 saturated heterocycles. The SMILES string of the molecule is O=C(Nc1cc(Cl)c(-c2cccnc2F)cc1F)N1C2CCC1c1n[nH]c(=O)cc1C2. The summed E-state index contributed by atoms with van der Waals surface area (Å²) in [5, 5.41) is 9.20. The van der Waals surface area contributed by atoms with E-state index in [0.717, 1.165) is 18.1 Å². The first kappa shape index (κ1) is 19.6. The molecule has 2 atom stereocenters. The van der Waals surface area contributed by atoms with Gasteiger partial charge < -0.3 is 10.2 Å². The Kier molecular flexibility index (Phi) is 4.70. The van der Waals surface area contributed by atoms with E-state index >= 15 is 0 Å². The molecule has 2 amide bonds. The summed E-state index contributed by atoms with van der Waals surface area (Å²) in [5.74, 6) is -1.52. The monoisotopic (exact) mass is 443 g/mol. The van der Waals surface area contributed by atoms with Crippen molar-refractivity contribution in [3.63, 3.8) is 0 Å². The number of fused-ring (bicyclic) bond motifs is 4. The second-order valence-corrected chi connectivity index (χ2v) is 7.99. The van der Waals surface area contributed by atoms with Crippen molar-refractivity contribution >= 4 is 23.3 Å². The van der Waals surface area contributed by atoms with Crippen LogP contribution >= 0.6 is 11.6 Å². The lowest BCUT2D eigenvalue weighted by atomic mass is 9.99. The topological polar surface area (TPSA) is 91.0 Å². The maximum Gasteiger partial charge on any atom is 0.322 e. The molecule has 2 aliphatic heterocycles. The molecule has 0 spiro atoms. The number of benzene rings is 1. The molecule has 2 unspecified atom stereocenters. The third kappa shape index (κ3) is 3.34. The molecule has 0 saturated carbocycles. The molecular weight excluding hydrogens is 428 g/mol. The molecule has 1 fully saturated rings. The van der Waals surface area contributed by atoms with Crippen molar-refractivity contribution in [2.75, 3.05) is 5.32 Å². The zero-order valence-electron chi connectivity index (χ0n) is 16.0. The molecule has 1 aromatic carbocycles. The van der Waals surface area contributed by atoms with Gasteiger partial charge in [0.1, 0.15) is 5.82 Å². The van der Waals surface area contributed by atoms with Crippen LogP contribution in [0.4, 0.5) is 19.3 Å². The van der Waals surface area contributed by atoms with Crippen molar-refractivity contribution in [2.24, 2.45) is 0 Å². The largest absolute Gasteiger partial charge is 0.322 e. The van der Waals surface area contributed by atoms with Gasteiger partial charge in [-0.05, 0) is 49.1 Å². The van der Waals surface area contributed by atoms with E-state index in [1.54, 1.807) is 4.90 Å². The number of hydrogen-bond donors (Lipinski definition) is 2. The van der Waals surface area contributed by atoms with Crippen molar-refractivity contribution < 1.29 is 13.6 Å². The molecule has 4 heterocycles. The number of aromatic nitrogens is 3. The van der Waals surface area contributed by atoms with Crippen LogP contribution in [0.2, 0.25) is 5.02 Å². The fourth-order valence-electron chi connectivity index (χ4n) is 4.43. The number of amides is 2. The predicted molar refractivity (Wildman–Crippen MR) is 110 cm³/mol. The number of halogens is 3. The highest BCUT2D eigenvalue weighted by Crippen LogP contribution is 2.42. The van der Waals surface area contributed by atoms with Gasteiger partial charge in [0, 0.05) is 29.4 Å². The first-order valence-electron chi connectivity index (χ1n) is 9.70. The van der Waals surface area contributed by atoms with Crippen molar-refractivity contribution in [1.29, 1.82) is 0 Å². The predicted octanol–water partition coefficient (Wildman–Crippen LogP) is 4.06. The highest BCUT2D eigenvalue weighted by molar-refractivity contribution is 6.33. The van der Waals surface area contributed by atoms with E-state index in [-0.39, 0.29) is 39.5 Å². The van der Waals surface area contributed by atoms with E-state index in [2.05, 4.69) is 20.5 Å². The summed E-state index contributed by atoms with van der Waals surface area (Å²) in [6, 6.07) is 5.92. The minimum Gasteiger partial charge on any atom is -0.313 e. The number of pyridine rings is 1. The molecule has 2 aromatic heterocycles. The highest BCUT2D eigenvalue weighted by Gasteiger charge is 2.44. The van der Waals surface area contributed by atoms with Gasteiger partial charge in [0.15, 0.2) is 0 Å². The number of carbonyl (C=O) groups is 1. The molecule has 5 rings (SSSR count). The first-order valence-corrected chi connectivity index (χ1v) is 10.1. The van der Waals surface area contributed by atoms with Gasteiger partial charge in [-0.2, -0.15) is 9.49 Å². The number of rotatable bonds is 2. The molecule has 2 aliphatic rings. The zero-order chi connectivity index (χ0) is 21.7. The molecule has 2 N–H and O–H groups in total. The van der Waals surface area contributed by atoms with Crippen LogP contribution in [0.1, 0.15) is 30.1 Å². The average molecular weight is 444 g/mol. The number of urea groups is 1. The van der Waals surface area contributed by atoms with Crippen LogP contribution in [-0.4, -0.2) is 32.2 Å². The van der Waals surface area contributed by atoms with Gasteiger partial charge in [-0.15, -0.1) is 0 Å². The molecular formula is C21H16ClF2N5O2. The van der Waals surface area contributed by atoms with Crippen LogP contribution in [0.3, 0.4) is 0 Å². The van der Waals surface area contributed by atoms with Gasteiger partial charge in [0.05, 0.1) is 22.4 Å². The van der Waals surface area contributed by atoms with Crippen LogP contribution in [0.15, 0.2) is 41.3 Å². The number of H-pyrrole nitrogens is 1. The number of nitrogens with one attached hydrogen (secondary N) is 2. The van der Waals surface area contributed by atoms with Gasteiger partial charge >= 0.3 is 6.03 Å². The Morgan fingerprint density at radius 2 is 2.06 bits per heavy atom. The summed E-state index contributed by atoms with van der Waals surface area (Å²) in [4.78, 5) is 29.8. The zero-order valence-corrected chi connectivity index (χ0v) is 16.8. The lowest BCUT2D eigenvalue weighted by Crippen LogP contribution is -2.45. The van der Waals surface area contributed by atoms with Crippen molar-refractivity contribution in [1.82, 2.24) is 20.1 Å². The quantitative estimate of drug-likeness (QED) is 0.584. The van der Waals surface area contributed by atoms with Crippen molar-refractivity contribution in [3.8, 4) is 11.1 Å². The molecule has 31 heavy (non-hydrogen) atoms. The van der Waals surface area contributed by atoms with E-state index in [9.17, 15) is 18.4 Å². The molecule has 3 aromatic rings. The van der Waals surface area contributed by atoms with E-state index in [1.807, 2.05) is 0 Å². The average Bonchev–Trinajstić information content (AvgIpc) is 3.06. The van der Waals surface area contributed by atoms with Gasteiger partial charge in [-0.1, -0.05) is 11.6 Å². The Bertz CT molecular complexity index is 1260. The number of nitrogens with zero attached hydrogens (tertiary/aromatic N) is 3. The van der Waals surface area contributed by atoms with E-state index < -0.39 is 17.8 Å². The second-order valence-electron chi connectivity index (χ2n) is 7.58. The first-order chi connectivity index (χ1) is 14.9. The highest BCUT2D eigenvalue weighted by atomic mass is 35.5. The third-order valence-electron chi connectivity index (χ3n) is 5.78. The third-order valence-corrected chi connectivity index (χ3v) is 6.09. The molecule has 0 radical (unpaired) electrons. The Morgan fingerprint density at radius 1 is 1.23 bits per heavy atom. The molecule has 158 valence electrons. The Hall–Kier alpha value is -3.33. The van der Waals surface area contributed by atoms with Crippen LogP contribution in [-0.2, 0) is 6.42 Å². The Labute approximate surface area is 180 Å². The maximum absolute atomic E-state index is 14.8. The Morgan fingerprint density at radius 3 is 2.87 bits per heavy atom. The van der Waals surface area contributed by atoms with Gasteiger partial charge in [-0.3, -0.25) is 4.79 Å². The lowest BCUT2D eigenvalue weighted by Gasteiger charge is -2.35. The van der Waals surface area contributed by atoms with Crippen LogP contribution in [0.5, 0.6) is 0 Å². The normalized spacial score (nSPS) is 19.3. The number of hydrogen-bond acceptors (Lipinski definition) is 4. The summed E-state index contributed by atoms with van der Waals surface area (Å²) in [5.41, 5.74) is 1.31. The molecule has 7 nitrogen and oxygen atoms in total. The van der Waals surface area contributed by atoms with Crippen molar-refractivity contribution in [3.05, 3.63) is 74.9 Å².